The van der Waals surface area contributed by atoms with Crippen molar-refractivity contribution in [2.75, 3.05) is 5.32 Å². The summed E-state index contributed by atoms with van der Waals surface area (Å²) < 4.78 is 13.4. The molecule has 7 heteroatoms. The average molecular weight is 362 g/mol. The van der Waals surface area contributed by atoms with Crippen molar-refractivity contribution < 1.29 is 14.0 Å². The smallest absolute Gasteiger partial charge is 0.240 e. The number of carbonyl (C=O) groups excluding carboxylic acids is 2. The van der Waals surface area contributed by atoms with Crippen LogP contribution in [0.5, 0.6) is 0 Å². The molecule has 0 aliphatic carbocycles. The van der Waals surface area contributed by atoms with Crippen LogP contribution in [-0.2, 0) is 9.59 Å². The van der Waals surface area contributed by atoms with Crippen molar-refractivity contribution >= 4 is 35.3 Å². The number of halogens is 2. The Morgan fingerprint density at radius 3 is 2.60 bits per heavy atom. The molecule has 25 heavy (non-hydrogen) atoms. The Kier molecular flexibility index (Phi) is 6.65. The third-order valence-corrected chi connectivity index (χ3v) is 3.83. The van der Waals surface area contributed by atoms with E-state index in [1.54, 1.807) is 37.3 Å². The van der Waals surface area contributed by atoms with E-state index in [0.717, 1.165) is 5.56 Å². The fourth-order valence-corrected chi connectivity index (χ4v) is 2.17. The fraction of sp³-hybridized carbons (Fsp3) is 0.167. The summed E-state index contributed by atoms with van der Waals surface area (Å²) in [5, 5.41) is 6.93. The Morgan fingerprint density at radius 1 is 1.12 bits per heavy atom. The molecule has 130 valence electrons. The highest BCUT2D eigenvalue weighted by molar-refractivity contribution is 6.31. The molecule has 0 aromatic heterocycles. The van der Waals surface area contributed by atoms with Crippen LogP contribution in [0, 0.1) is 12.7 Å². The molecule has 2 amide bonds. The van der Waals surface area contributed by atoms with E-state index in [1.807, 2.05) is 0 Å². The lowest BCUT2D eigenvalue weighted by Gasteiger charge is -2.09. The van der Waals surface area contributed by atoms with E-state index in [-0.39, 0.29) is 24.3 Å². The SMILES string of the molecule is Cc1c(Cl)cccc1NC(=O)CCC(=O)NN=Cc1ccccc1F. The molecule has 2 aromatic rings. The van der Waals surface area contributed by atoms with Gasteiger partial charge in [-0.1, -0.05) is 35.9 Å². The number of benzene rings is 2. The molecule has 0 atom stereocenters. The van der Waals surface area contributed by atoms with E-state index in [0.29, 0.717) is 10.7 Å². The monoisotopic (exact) mass is 361 g/mol. The zero-order valence-electron chi connectivity index (χ0n) is 13.6. The Bertz CT molecular complexity index is 809. The van der Waals surface area contributed by atoms with E-state index < -0.39 is 11.7 Å². The van der Waals surface area contributed by atoms with Crippen molar-refractivity contribution in [2.24, 2.45) is 5.10 Å². The third kappa shape index (κ3) is 5.69. The number of nitrogens with zero attached hydrogens (tertiary/aromatic N) is 1. The molecule has 0 unspecified atom stereocenters. The Balaban J connectivity index is 1.79. The summed E-state index contributed by atoms with van der Waals surface area (Å²) in [6, 6.07) is 11.2. The summed E-state index contributed by atoms with van der Waals surface area (Å²) in [5.74, 6) is -1.18. The van der Waals surface area contributed by atoms with Crippen LogP contribution in [-0.4, -0.2) is 18.0 Å². The summed E-state index contributed by atoms with van der Waals surface area (Å²) >= 11 is 5.99. The summed E-state index contributed by atoms with van der Waals surface area (Å²) in [6.45, 7) is 1.79. The number of hydrazone groups is 1. The van der Waals surface area contributed by atoms with Gasteiger partial charge in [0.2, 0.25) is 11.8 Å². The summed E-state index contributed by atoms with van der Waals surface area (Å²) in [6.07, 6.45) is 1.16. The molecule has 0 spiro atoms. The number of carbonyl (C=O) groups is 2. The van der Waals surface area contributed by atoms with E-state index in [9.17, 15) is 14.0 Å². The molecule has 0 saturated carbocycles. The molecule has 0 aliphatic rings. The molecule has 0 fully saturated rings. The van der Waals surface area contributed by atoms with Crippen molar-refractivity contribution in [3.63, 3.8) is 0 Å². The van der Waals surface area contributed by atoms with Crippen molar-refractivity contribution in [3.8, 4) is 0 Å². The van der Waals surface area contributed by atoms with Crippen LogP contribution in [0.15, 0.2) is 47.6 Å². The molecule has 0 saturated heterocycles. The molecule has 2 N–H and O–H groups in total. The van der Waals surface area contributed by atoms with Gasteiger partial charge in [-0.25, -0.2) is 9.82 Å². The molecule has 0 aliphatic heterocycles. The number of amides is 2. The molecular formula is C18H17ClFN3O2. The number of anilines is 1. The van der Waals surface area contributed by atoms with E-state index in [1.165, 1.54) is 18.3 Å². The van der Waals surface area contributed by atoms with Crippen molar-refractivity contribution in [1.82, 2.24) is 5.43 Å². The van der Waals surface area contributed by atoms with Gasteiger partial charge in [-0.3, -0.25) is 9.59 Å². The van der Waals surface area contributed by atoms with Crippen molar-refractivity contribution in [1.29, 1.82) is 0 Å². The second-order valence-electron chi connectivity index (χ2n) is 5.28. The predicted molar refractivity (Wildman–Crippen MR) is 96.2 cm³/mol. The highest BCUT2D eigenvalue weighted by atomic mass is 35.5. The van der Waals surface area contributed by atoms with Gasteiger partial charge < -0.3 is 5.32 Å². The molecule has 0 heterocycles. The van der Waals surface area contributed by atoms with Crippen LogP contribution < -0.4 is 10.7 Å². The normalized spacial score (nSPS) is 10.7. The Morgan fingerprint density at radius 2 is 1.84 bits per heavy atom. The van der Waals surface area contributed by atoms with Gasteiger partial charge in [0.05, 0.1) is 6.21 Å². The van der Waals surface area contributed by atoms with Gasteiger partial charge in [0, 0.05) is 29.1 Å². The number of hydrogen-bond acceptors (Lipinski definition) is 3. The van der Waals surface area contributed by atoms with Gasteiger partial charge in [0.15, 0.2) is 0 Å². The topological polar surface area (TPSA) is 70.6 Å². The lowest BCUT2D eigenvalue weighted by molar-refractivity contribution is -0.124. The minimum absolute atomic E-state index is 0.00694. The second kappa shape index (κ2) is 8.94. The van der Waals surface area contributed by atoms with Crippen LogP contribution in [0.2, 0.25) is 5.02 Å². The molecule has 0 bridgehead atoms. The van der Waals surface area contributed by atoms with Gasteiger partial charge >= 0.3 is 0 Å². The maximum Gasteiger partial charge on any atom is 0.240 e. The predicted octanol–water partition coefficient (Wildman–Crippen LogP) is 3.66. The standard InChI is InChI=1S/C18H17ClFN3O2/c1-12-14(19)6-4-8-16(12)22-17(24)9-10-18(25)23-21-11-13-5-2-3-7-15(13)20/h2-8,11H,9-10H2,1H3,(H,22,24)(H,23,25). The first-order valence-corrected chi connectivity index (χ1v) is 7.96. The summed E-state index contributed by atoms with van der Waals surface area (Å²) in [4.78, 5) is 23.6. The Hall–Kier alpha value is -2.73. The van der Waals surface area contributed by atoms with E-state index in [4.69, 9.17) is 11.6 Å². The maximum atomic E-state index is 13.4. The number of hydrogen-bond donors (Lipinski definition) is 2. The zero-order chi connectivity index (χ0) is 18.2. The van der Waals surface area contributed by atoms with Gasteiger partial charge in [0.25, 0.3) is 0 Å². The first-order chi connectivity index (χ1) is 12.0. The van der Waals surface area contributed by atoms with Crippen LogP contribution in [0.4, 0.5) is 10.1 Å². The minimum Gasteiger partial charge on any atom is -0.326 e. The number of nitrogens with one attached hydrogen (secondary N) is 2. The lowest BCUT2D eigenvalue weighted by Crippen LogP contribution is -2.21. The molecule has 0 radical (unpaired) electrons. The maximum absolute atomic E-state index is 13.4. The fourth-order valence-electron chi connectivity index (χ4n) is 1.99. The van der Waals surface area contributed by atoms with Crippen molar-refractivity contribution in [3.05, 3.63) is 64.4 Å². The molecule has 2 rings (SSSR count). The van der Waals surface area contributed by atoms with Crippen LogP contribution >= 0.6 is 11.6 Å². The zero-order valence-corrected chi connectivity index (χ0v) is 14.3. The number of rotatable bonds is 6. The van der Waals surface area contributed by atoms with E-state index in [2.05, 4.69) is 15.8 Å². The largest absolute Gasteiger partial charge is 0.326 e. The van der Waals surface area contributed by atoms with Crippen LogP contribution in [0.3, 0.4) is 0 Å². The van der Waals surface area contributed by atoms with E-state index >= 15 is 0 Å². The minimum atomic E-state index is -0.439. The summed E-state index contributed by atoms with van der Waals surface area (Å²) in [7, 11) is 0. The Labute approximate surface area is 149 Å². The highest BCUT2D eigenvalue weighted by Gasteiger charge is 2.09. The lowest BCUT2D eigenvalue weighted by atomic mass is 10.2. The average Bonchev–Trinajstić information content (AvgIpc) is 2.59. The van der Waals surface area contributed by atoms with Crippen LogP contribution in [0.25, 0.3) is 0 Å². The van der Waals surface area contributed by atoms with Crippen molar-refractivity contribution in [2.45, 2.75) is 19.8 Å². The first kappa shape index (κ1) is 18.6. The second-order valence-corrected chi connectivity index (χ2v) is 5.68. The molecule has 5 nitrogen and oxygen atoms in total. The molecular weight excluding hydrogens is 345 g/mol. The van der Waals surface area contributed by atoms with Gasteiger partial charge in [-0.2, -0.15) is 5.10 Å². The van der Waals surface area contributed by atoms with Crippen LogP contribution in [0.1, 0.15) is 24.0 Å². The van der Waals surface area contributed by atoms with Gasteiger partial charge in [-0.05, 0) is 30.7 Å². The third-order valence-electron chi connectivity index (χ3n) is 3.42. The molecule has 2 aromatic carbocycles. The first-order valence-electron chi connectivity index (χ1n) is 7.59. The summed E-state index contributed by atoms with van der Waals surface area (Å²) in [5.41, 5.74) is 3.89. The highest BCUT2D eigenvalue weighted by Crippen LogP contribution is 2.23. The quantitative estimate of drug-likeness (QED) is 0.609. The van der Waals surface area contributed by atoms with Gasteiger partial charge in [0.1, 0.15) is 5.82 Å². The van der Waals surface area contributed by atoms with Gasteiger partial charge in [-0.15, -0.1) is 0 Å².